The number of amides is 4. The molecule has 0 radical (unpaired) electrons. The molecule has 0 aromatic heterocycles. The van der Waals surface area contributed by atoms with E-state index in [1.807, 2.05) is 57.5 Å². The van der Waals surface area contributed by atoms with Crippen molar-refractivity contribution < 1.29 is 72.5 Å². The van der Waals surface area contributed by atoms with Crippen LogP contribution in [0.5, 0.6) is 0 Å². The van der Waals surface area contributed by atoms with E-state index in [4.69, 9.17) is 98.0 Å². The van der Waals surface area contributed by atoms with Gasteiger partial charge in [0, 0.05) is 165 Å². The second-order valence-corrected chi connectivity index (χ2v) is 38.1. The molecule has 25 nitrogen and oxygen atoms in total. The third-order valence-corrected chi connectivity index (χ3v) is 27.0. The number of unbranched alkanes of at least 4 members (excludes halogenated alkanes) is 1. The molecule has 3 aliphatic heterocycles. The van der Waals surface area contributed by atoms with Gasteiger partial charge in [-0.05, 0) is 170 Å². The average molecular weight is 1790 g/mol. The first-order valence-electron chi connectivity index (χ1n) is 39.4. The number of ketones is 1. The van der Waals surface area contributed by atoms with Crippen molar-refractivity contribution >= 4 is 117 Å². The van der Waals surface area contributed by atoms with E-state index in [0.717, 1.165) is 76.1 Å². The number of hydrogen-bond donors (Lipinski definition) is 6. The summed E-state index contributed by atoms with van der Waals surface area (Å²) in [5.41, 5.74) is 8.47. The monoisotopic (exact) mass is 1780 g/mol. The highest BCUT2D eigenvalue weighted by Crippen LogP contribution is 2.42. The first-order chi connectivity index (χ1) is 55.6. The molecule has 6 aromatic carbocycles. The first kappa shape index (κ1) is 94.5. The van der Waals surface area contributed by atoms with Crippen LogP contribution in [-0.4, -0.2) is 254 Å². The van der Waals surface area contributed by atoms with Gasteiger partial charge >= 0.3 is 12.1 Å². The molecule has 1 unspecified atom stereocenters. The van der Waals surface area contributed by atoms with Crippen LogP contribution in [0.25, 0.3) is 0 Å². The van der Waals surface area contributed by atoms with E-state index >= 15 is 0 Å². The van der Waals surface area contributed by atoms with E-state index in [-0.39, 0.29) is 155 Å². The zero-order chi connectivity index (χ0) is 83.3. The molecule has 3 heterocycles. The Bertz CT molecular complexity index is 4130. The Morgan fingerprint density at radius 1 is 0.397 bits per heavy atom. The summed E-state index contributed by atoms with van der Waals surface area (Å²) >= 11 is 38.9. The fraction of sp³-hybridized carbons (Fsp3) is 0.524. The second-order valence-electron chi connectivity index (χ2n) is 29.9. The lowest BCUT2D eigenvalue weighted by molar-refractivity contribution is -0.910. The van der Waals surface area contributed by atoms with Crippen molar-refractivity contribution in [3.63, 3.8) is 0 Å². The Morgan fingerprint density at radius 2 is 0.733 bits per heavy atom. The standard InChI is InChI=1S/C82H110Cl6N10O15S3/c1-95-53-72(69-47-62(83)50-78(86)75(69)56-95)59-14-7-19-66(44-59)114(102,103)43-13-32-109-38-39-110-33-24-91-81(100)89-22-11-29-98(4,28-6-5-17-65(99)18-10-31-108-37-40-112-35-26-93-115(104,105)67-20-8-15-60(45-67)73-54-96(2)57-76-70(73)48-63(84)51-79(76)87)30-12-23-90-82(101)92-25-34-111-41-42-113-36-27-94-116(106,107)68-21-9-16-61(46-68)74-55-97(3)58-77-71(74)49-64(85)52-80(77)88/h7-9,14-16,19-21,44-52,72-74,93-94H,5-6,10-13,17-18,22-43,53-58H2,1-4H3,(H3-,89,90,91,92,100,101)/p+1/t72-,73-,74-,98?/m0/s1. The summed E-state index contributed by atoms with van der Waals surface area (Å²) in [5, 5.41) is 14.8. The largest absolute Gasteiger partial charge is 0.379 e. The first-order valence-corrected chi connectivity index (χ1v) is 46.3. The molecule has 6 aromatic rings. The summed E-state index contributed by atoms with van der Waals surface area (Å²) in [6.45, 7) is 10.6. The van der Waals surface area contributed by atoms with Crippen LogP contribution in [0, 0.1) is 0 Å². The lowest BCUT2D eigenvalue weighted by Gasteiger charge is -2.35. The number of carbonyl (C=O) groups is 3. The minimum absolute atomic E-state index is 0.0524. The van der Waals surface area contributed by atoms with Crippen LogP contribution in [0.3, 0.4) is 0 Å². The maximum absolute atomic E-state index is 13.5. The van der Waals surface area contributed by atoms with E-state index in [1.165, 1.54) is 0 Å². The molecule has 638 valence electrons. The lowest BCUT2D eigenvalue weighted by Crippen LogP contribution is -2.48. The van der Waals surface area contributed by atoms with Gasteiger partial charge in [-0.25, -0.2) is 44.3 Å². The maximum Gasteiger partial charge on any atom is 0.314 e. The number of halogens is 6. The van der Waals surface area contributed by atoms with Gasteiger partial charge < -0.3 is 68.9 Å². The number of nitrogens with one attached hydrogen (secondary N) is 6. The highest BCUT2D eigenvalue weighted by Gasteiger charge is 2.33. The number of quaternary nitrogens is 1. The SMILES string of the molecule is CN1Cc2c(Cl)cc(Cl)cc2[C@H](c2cccc(S(=O)(=O)CCCOCCOCCNC(=O)NCCC[N+](C)(CCCCC(=O)CCCOCCOCCNS(=O)(=O)c3cccc([C@@H]4CN(C)Cc5c(Cl)cc(Cl)cc54)c3)CCCNC(=O)NCCOCCOCCNS(=O)(=O)c3cccc([C@@H]4CN(C)Cc5c(Cl)cc(Cl)cc54)c3)c2)C1. The van der Waals surface area contributed by atoms with Crippen LogP contribution in [0.1, 0.15) is 119 Å². The molecule has 34 heteroatoms. The number of hydrogen-bond acceptors (Lipinski definition) is 18. The van der Waals surface area contributed by atoms with Crippen LogP contribution >= 0.6 is 69.6 Å². The van der Waals surface area contributed by atoms with Gasteiger partial charge in [-0.15, -0.1) is 0 Å². The van der Waals surface area contributed by atoms with Gasteiger partial charge in [-0.2, -0.15) is 0 Å². The highest BCUT2D eigenvalue weighted by molar-refractivity contribution is 7.91. The van der Waals surface area contributed by atoms with E-state index in [0.29, 0.717) is 139 Å². The van der Waals surface area contributed by atoms with E-state index in [2.05, 4.69) is 52.5 Å². The average Bonchev–Trinajstić information content (AvgIpc) is 0.781. The van der Waals surface area contributed by atoms with E-state index in [1.54, 1.807) is 72.8 Å². The van der Waals surface area contributed by atoms with Crippen LogP contribution in [0.4, 0.5) is 9.59 Å². The van der Waals surface area contributed by atoms with Gasteiger partial charge in [0.05, 0.1) is 113 Å². The zero-order valence-corrected chi connectivity index (χ0v) is 73.5. The van der Waals surface area contributed by atoms with E-state index < -0.39 is 29.9 Å². The third-order valence-electron chi connectivity index (χ3n) is 20.7. The van der Waals surface area contributed by atoms with Gasteiger partial charge in [0.1, 0.15) is 5.78 Å². The maximum atomic E-state index is 13.5. The van der Waals surface area contributed by atoms with Crippen LogP contribution < -0.4 is 30.7 Å². The third kappa shape index (κ3) is 30.1. The molecule has 0 spiro atoms. The molecule has 4 atom stereocenters. The number of nitrogens with zero attached hydrogens (tertiary/aromatic N) is 4. The summed E-state index contributed by atoms with van der Waals surface area (Å²) in [7, 11) is -3.13. The number of ether oxygens (including phenoxy) is 6. The van der Waals surface area contributed by atoms with Crippen LogP contribution in [-0.2, 0) is 82.7 Å². The van der Waals surface area contributed by atoms with E-state index in [9.17, 15) is 39.6 Å². The number of rotatable bonds is 50. The number of Topliss-reactive ketones (excluding diaryl/α,β-unsaturated/α-hetero) is 1. The minimum atomic E-state index is -3.84. The number of carbonyl (C=O) groups excluding carboxylic acids is 3. The molecule has 3 aliphatic rings. The van der Waals surface area contributed by atoms with Crippen molar-refractivity contribution in [2.45, 2.75) is 103 Å². The summed E-state index contributed by atoms with van der Waals surface area (Å²) in [5.74, 6) is -0.267. The molecule has 0 saturated heterocycles. The van der Waals surface area contributed by atoms with Gasteiger partial charge in [0.2, 0.25) is 20.0 Å². The highest BCUT2D eigenvalue weighted by atomic mass is 35.5. The van der Waals surface area contributed by atoms with Crippen molar-refractivity contribution in [2.24, 2.45) is 0 Å². The van der Waals surface area contributed by atoms with Gasteiger partial charge in [0.25, 0.3) is 0 Å². The molecule has 116 heavy (non-hydrogen) atoms. The molecule has 0 fully saturated rings. The fourth-order valence-corrected chi connectivity index (χ4v) is 20.0. The van der Waals surface area contributed by atoms with Crippen molar-refractivity contribution in [3.05, 3.63) is 189 Å². The molecule has 9 rings (SSSR count). The zero-order valence-electron chi connectivity index (χ0n) is 66.5. The van der Waals surface area contributed by atoms with Crippen molar-refractivity contribution in [2.75, 3.05) is 192 Å². The number of benzene rings is 6. The Morgan fingerprint density at radius 3 is 1.14 bits per heavy atom. The summed E-state index contributed by atoms with van der Waals surface area (Å²) in [6.07, 6.45) is 4.46. The summed E-state index contributed by atoms with van der Waals surface area (Å²) in [4.78, 5) is 45.6. The van der Waals surface area contributed by atoms with Crippen molar-refractivity contribution in [1.29, 1.82) is 0 Å². The summed E-state index contributed by atoms with van der Waals surface area (Å²) < 4.78 is 120. The molecular formula is C82H111Cl6N10O15S3+. The molecule has 0 saturated carbocycles. The number of urea groups is 2. The minimum Gasteiger partial charge on any atom is -0.379 e. The van der Waals surface area contributed by atoms with Crippen molar-refractivity contribution in [3.8, 4) is 0 Å². The fourth-order valence-electron chi connectivity index (χ4n) is 14.8. The number of likely N-dealkylation sites (N-methyl/N-ethyl adjacent to an activating group) is 3. The van der Waals surface area contributed by atoms with Gasteiger partial charge in [-0.3, -0.25) is 4.79 Å². The van der Waals surface area contributed by atoms with Gasteiger partial charge in [0.15, 0.2) is 9.84 Å². The predicted molar refractivity (Wildman–Crippen MR) is 456 cm³/mol. The second kappa shape index (κ2) is 47.2. The Labute approximate surface area is 714 Å². The topological polar surface area (TPSA) is 291 Å². The number of fused-ring (bicyclic) bond motifs is 3. The van der Waals surface area contributed by atoms with Crippen LogP contribution in [0.2, 0.25) is 30.1 Å². The Hall–Kier alpha value is -5.36. The quantitative estimate of drug-likeness (QED) is 0.0153. The molecular weight excluding hydrogens is 1670 g/mol. The summed E-state index contributed by atoms with van der Waals surface area (Å²) in [6, 6.07) is 31.1. The Balaban J connectivity index is 0.622. The normalized spacial score (nSPS) is 16.6. The van der Waals surface area contributed by atoms with Crippen LogP contribution in [0.15, 0.2) is 124 Å². The number of sulfone groups is 1. The predicted octanol–water partition coefficient (Wildman–Crippen LogP) is 11.9. The molecule has 6 N–H and O–H groups in total. The smallest absolute Gasteiger partial charge is 0.314 e. The number of sulfonamides is 2. The molecule has 4 amide bonds. The molecule has 0 aliphatic carbocycles. The lowest BCUT2D eigenvalue weighted by atomic mass is 9.85. The van der Waals surface area contributed by atoms with Gasteiger partial charge in [-0.1, -0.05) is 106 Å². The van der Waals surface area contributed by atoms with Crippen molar-refractivity contribution in [1.82, 2.24) is 45.4 Å². The molecule has 0 bridgehead atoms. The Kier molecular flexibility index (Phi) is 38.4.